The molecule has 0 bridgehead atoms. The number of ether oxygens (including phenoxy) is 1. The third kappa shape index (κ3) is 2.10. The van der Waals surface area contributed by atoms with Crippen LogP contribution in [-0.4, -0.2) is 49.3 Å². The summed E-state index contributed by atoms with van der Waals surface area (Å²) in [6, 6.07) is 0. The largest absolute Gasteiger partial charge is 0.394 e. The Morgan fingerprint density at radius 2 is 2.32 bits per heavy atom. The molecule has 0 aliphatic carbocycles. The molecule has 9 heteroatoms. The first-order valence-electron chi connectivity index (χ1n) is 5.50. The molecule has 0 radical (unpaired) electrons. The van der Waals surface area contributed by atoms with Crippen LogP contribution in [0.1, 0.15) is 13.2 Å². The van der Waals surface area contributed by atoms with E-state index in [2.05, 4.69) is 4.98 Å². The lowest BCUT2D eigenvalue weighted by molar-refractivity contribution is -0.0990. The molecule has 1 aliphatic heterocycles. The summed E-state index contributed by atoms with van der Waals surface area (Å²) in [7, 11) is 0. The second kappa shape index (κ2) is 4.53. The lowest BCUT2D eigenvalue weighted by Gasteiger charge is -2.27. The van der Waals surface area contributed by atoms with Crippen molar-refractivity contribution in [2.45, 2.75) is 31.0 Å². The molecular formula is C10H14FN3O5. The van der Waals surface area contributed by atoms with Crippen LogP contribution >= 0.6 is 0 Å². The maximum Gasteiger partial charge on any atom is 0.351 e. The van der Waals surface area contributed by atoms with Gasteiger partial charge in [-0.15, -0.1) is 0 Å². The van der Waals surface area contributed by atoms with Crippen molar-refractivity contribution in [2.75, 3.05) is 12.3 Å². The summed E-state index contributed by atoms with van der Waals surface area (Å²) >= 11 is 0. The first kappa shape index (κ1) is 13.9. The average Bonchev–Trinajstić information content (AvgIpc) is 2.56. The molecule has 2 heterocycles. The van der Waals surface area contributed by atoms with Gasteiger partial charge in [-0.2, -0.15) is 4.98 Å². The Bertz CT molecular complexity index is 546. The standard InChI is InChI=1S/C10H14FN3O5/c1-10(18)6(16)5(3-15)19-8(10)14-2-4(11)7(12)13-9(14)17/h2,5-6,8,15-16,18H,3H2,1H3,(H2,12,13,17)/t5-,6-,8-,10-/m1/s1. The van der Waals surface area contributed by atoms with E-state index in [4.69, 9.17) is 15.6 Å². The van der Waals surface area contributed by atoms with E-state index in [0.717, 1.165) is 6.20 Å². The van der Waals surface area contributed by atoms with Crippen molar-refractivity contribution in [3.05, 3.63) is 22.5 Å². The van der Waals surface area contributed by atoms with E-state index in [1.165, 1.54) is 6.92 Å². The molecule has 1 aromatic heterocycles. The number of nitrogen functional groups attached to an aromatic ring is 1. The molecule has 1 saturated heterocycles. The van der Waals surface area contributed by atoms with E-state index < -0.39 is 48.0 Å². The molecule has 19 heavy (non-hydrogen) atoms. The molecule has 2 rings (SSSR count). The number of aliphatic hydroxyl groups is 3. The van der Waals surface area contributed by atoms with Crippen LogP contribution in [0, 0.1) is 5.82 Å². The number of aliphatic hydroxyl groups excluding tert-OH is 2. The third-order valence-corrected chi connectivity index (χ3v) is 3.12. The fourth-order valence-corrected chi connectivity index (χ4v) is 2.02. The summed E-state index contributed by atoms with van der Waals surface area (Å²) in [5, 5.41) is 28.9. The van der Waals surface area contributed by atoms with Gasteiger partial charge in [-0.25, -0.2) is 9.18 Å². The Labute approximate surface area is 106 Å². The van der Waals surface area contributed by atoms with Gasteiger partial charge in [0.15, 0.2) is 17.9 Å². The minimum atomic E-state index is -1.89. The molecule has 0 aromatic carbocycles. The third-order valence-electron chi connectivity index (χ3n) is 3.12. The van der Waals surface area contributed by atoms with Crippen molar-refractivity contribution in [2.24, 2.45) is 0 Å². The normalized spacial score (nSPS) is 34.7. The van der Waals surface area contributed by atoms with Crippen LogP contribution in [0.2, 0.25) is 0 Å². The van der Waals surface area contributed by atoms with Crippen LogP contribution in [0.15, 0.2) is 11.0 Å². The monoisotopic (exact) mass is 275 g/mol. The number of halogens is 1. The smallest absolute Gasteiger partial charge is 0.351 e. The number of hydrogen-bond acceptors (Lipinski definition) is 7. The van der Waals surface area contributed by atoms with Gasteiger partial charge in [-0.05, 0) is 6.92 Å². The molecule has 1 fully saturated rings. The summed E-state index contributed by atoms with van der Waals surface area (Å²) in [6.45, 7) is 0.645. The minimum Gasteiger partial charge on any atom is -0.394 e. The maximum atomic E-state index is 13.3. The molecule has 1 aromatic rings. The predicted octanol–water partition coefficient (Wildman–Crippen LogP) is -2.03. The zero-order valence-electron chi connectivity index (χ0n) is 10.0. The molecule has 0 amide bonds. The molecule has 4 atom stereocenters. The second-order valence-corrected chi connectivity index (χ2v) is 4.54. The van der Waals surface area contributed by atoms with Gasteiger partial charge in [-0.3, -0.25) is 4.57 Å². The molecule has 8 nitrogen and oxygen atoms in total. The average molecular weight is 275 g/mol. The van der Waals surface area contributed by atoms with Gasteiger partial charge >= 0.3 is 5.69 Å². The van der Waals surface area contributed by atoms with E-state index in [0.29, 0.717) is 4.57 Å². The summed E-state index contributed by atoms with van der Waals surface area (Å²) < 4.78 is 19.2. The zero-order chi connectivity index (χ0) is 14.4. The van der Waals surface area contributed by atoms with Gasteiger partial charge in [-0.1, -0.05) is 0 Å². The Hall–Kier alpha value is -1.55. The van der Waals surface area contributed by atoms with Crippen LogP contribution in [0.25, 0.3) is 0 Å². The number of nitrogens with zero attached hydrogens (tertiary/aromatic N) is 2. The van der Waals surface area contributed by atoms with E-state index in [9.17, 15) is 19.4 Å². The van der Waals surface area contributed by atoms with Crippen molar-refractivity contribution in [3.63, 3.8) is 0 Å². The van der Waals surface area contributed by atoms with Crippen molar-refractivity contribution in [1.82, 2.24) is 9.55 Å². The van der Waals surface area contributed by atoms with E-state index in [1.807, 2.05) is 0 Å². The van der Waals surface area contributed by atoms with Gasteiger partial charge in [0.2, 0.25) is 0 Å². The number of anilines is 1. The van der Waals surface area contributed by atoms with E-state index in [-0.39, 0.29) is 0 Å². The Morgan fingerprint density at radius 3 is 2.84 bits per heavy atom. The van der Waals surface area contributed by atoms with Crippen LogP contribution in [-0.2, 0) is 4.74 Å². The summed E-state index contributed by atoms with van der Waals surface area (Å²) in [5.41, 5.74) is 2.32. The van der Waals surface area contributed by atoms with Gasteiger partial charge in [0.1, 0.15) is 17.8 Å². The SMILES string of the molecule is C[C@@]1(O)[C@H](O)[C@@H](CO)O[C@H]1n1cc(F)c(N)nc1=O. The van der Waals surface area contributed by atoms with Gasteiger partial charge < -0.3 is 25.8 Å². The molecule has 0 saturated carbocycles. The summed E-state index contributed by atoms with van der Waals surface area (Å²) in [4.78, 5) is 14.9. The highest BCUT2D eigenvalue weighted by Gasteiger charge is 2.53. The highest BCUT2D eigenvalue weighted by atomic mass is 19.1. The lowest BCUT2D eigenvalue weighted by Crippen LogP contribution is -2.46. The fraction of sp³-hybridized carbons (Fsp3) is 0.600. The highest BCUT2D eigenvalue weighted by molar-refractivity contribution is 5.26. The number of nitrogens with two attached hydrogens (primary N) is 1. The van der Waals surface area contributed by atoms with Crippen LogP contribution in [0.3, 0.4) is 0 Å². The van der Waals surface area contributed by atoms with Gasteiger partial charge in [0.25, 0.3) is 0 Å². The Morgan fingerprint density at radius 1 is 1.68 bits per heavy atom. The predicted molar refractivity (Wildman–Crippen MR) is 60.5 cm³/mol. The van der Waals surface area contributed by atoms with Crippen LogP contribution in [0.5, 0.6) is 0 Å². The Balaban J connectivity index is 2.48. The second-order valence-electron chi connectivity index (χ2n) is 4.54. The van der Waals surface area contributed by atoms with Crippen molar-refractivity contribution in [1.29, 1.82) is 0 Å². The lowest BCUT2D eigenvalue weighted by atomic mass is 9.96. The maximum absolute atomic E-state index is 13.3. The van der Waals surface area contributed by atoms with E-state index >= 15 is 0 Å². The van der Waals surface area contributed by atoms with Gasteiger partial charge in [0, 0.05) is 0 Å². The summed E-state index contributed by atoms with van der Waals surface area (Å²) in [6.07, 6.45) is -3.17. The molecule has 1 aliphatic rings. The topological polar surface area (TPSA) is 131 Å². The fourth-order valence-electron chi connectivity index (χ4n) is 2.02. The van der Waals surface area contributed by atoms with Crippen molar-refractivity contribution < 1.29 is 24.4 Å². The van der Waals surface area contributed by atoms with Crippen molar-refractivity contribution in [3.8, 4) is 0 Å². The Kier molecular flexibility index (Phi) is 3.31. The number of aromatic nitrogens is 2. The minimum absolute atomic E-state index is 0.562. The number of hydrogen-bond donors (Lipinski definition) is 4. The number of rotatable bonds is 2. The molecule has 106 valence electrons. The quantitative estimate of drug-likeness (QED) is 0.489. The molecule has 0 unspecified atom stereocenters. The first-order chi connectivity index (χ1) is 8.78. The van der Waals surface area contributed by atoms with Crippen LogP contribution < -0.4 is 11.4 Å². The van der Waals surface area contributed by atoms with Crippen molar-refractivity contribution >= 4 is 5.82 Å². The molecule has 0 spiro atoms. The summed E-state index contributed by atoms with van der Waals surface area (Å²) in [5.74, 6) is -1.53. The van der Waals surface area contributed by atoms with Gasteiger partial charge in [0.05, 0.1) is 12.8 Å². The zero-order valence-corrected chi connectivity index (χ0v) is 10.0. The first-order valence-corrected chi connectivity index (χ1v) is 5.50. The highest BCUT2D eigenvalue weighted by Crippen LogP contribution is 2.37. The van der Waals surface area contributed by atoms with Crippen LogP contribution in [0.4, 0.5) is 10.2 Å². The molecule has 5 N–H and O–H groups in total. The van der Waals surface area contributed by atoms with E-state index in [1.54, 1.807) is 0 Å². The molecular weight excluding hydrogens is 261 g/mol.